The van der Waals surface area contributed by atoms with Gasteiger partial charge in [0.05, 0.1) is 19.9 Å². The summed E-state index contributed by atoms with van der Waals surface area (Å²) in [6, 6.07) is 10.2. The van der Waals surface area contributed by atoms with Gasteiger partial charge in [-0.25, -0.2) is 4.79 Å². The Kier molecular flexibility index (Phi) is 10.1. The van der Waals surface area contributed by atoms with Crippen LogP contribution in [0.15, 0.2) is 36.4 Å². The van der Waals surface area contributed by atoms with Crippen LogP contribution >= 0.6 is 0 Å². The summed E-state index contributed by atoms with van der Waals surface area (Å²) in [4.78, 5) is 28.2. The topological polar surface area (TPSA) is 107 Å². The van der Waals surface area contributed by atoms with E-state index in [0.717, 1.165) is 12.1 Å². The first kappa shape index (κ1) is 27.7. The molecule has 2 aromatic rings. The molecule has 0 heterocycles. The fourth-order valence-electron chi connectivity index (χ4n) is 3.61. The average molecular weight is 484 g/mol. The Hall–Kier alpha value is -3.59. The Morgan fingerprint density at radius 1 is 0.971 bits per heavy atom. The summed E-state index contributed by atoms with van der Waals surface area (Å²) in [7, 11) is 10.4. The van der Waals surface area contributed by atoms with Crippen molar-refractivity contribution < 1.29 is 19.1 Å². The van der Waals surface area contributed by atoms with Gasteiger partial charge in [0.1, 0.15) is 0 Å². The second kappa shape index (κ2) is 12.8. The lowest BCUT2D eigenvalue weighted by atomic mass is 9.93. The number of hydrogen-bond donors (Lipinski definition) is 3. The molecule has 0 radical (unpaired) electrons. The molecular weight excluding hydrogens is 446 g/mol. The number of carbonyl (C=O) groups excluding carboxylic acids is 2. The van der Waals surface area contributed by atoms with Gasteiger partial charge in [-0.3, -0.25) is 10.2 Å². The van der Waals surface area contributed by atoms with Gasteiger partial charge in [-0.15, -0.1) is 0 Å². The number of nitrogens with zero attached hydrogens (tertiary/aromatic N) is 2. The normalized spacial score (nSPS) is 11.5. The Labute approximate surface area is 207 Å². The molecule has 3 amide bonds. The van der Waals surface area contributed by atoms with Crippen LogP contribution in [0.4, 0.5) is 4.79 Å². The summed E-state index contributed by atoms with van der Waals surface area (Å²) in [5.41, 5.74) is 3.01. The molecule has 0 saturated heterocycles. The van der Waals surface area contributed by atoms with Crippen molar-refractivity contribution in [2.75, 3.05) is 55.5 Å². The first-order valence-corrected chi connectivity index (χ1v) is 11.4. The highest BCUT2D eigenvalue weighted by Crippen LogP contribution is 2.32. The molecule has 1 unspecified atom stereocenters. The second-order valence-corrected chi connectivity index (χ2v) is 8.68. The van der Waals surface area contributed by atoms with E-state index >= 15 is 0 Å². The summed E-state index contributed by atoms with van der Waals surface area (Å²) in [6.07, 6.45) is 0.485. The molecule has 9 heteroatoms. The number of nitrogens with one attached hydrogen (secondary N) is 3. The molecule has 3 N–H and O–H groups in total. The van der Waals surface area contributed by atoms with Crippen LogP contribution in [0.25, 0.3) is 0 Å². The minimum Gasteiger partial charge on any atom is -0.493 e. The van der Waals surface area contributed by atoms with E-state index < -0.39 is 0 Å². The van der Waals surface area contributed by atoms with Gasteiger partial charge in [0.15, 0.2) is 11.5 Å². The van der Waals surface area contributed by atoms with E-state index in [9.17, 15) is 9.59 Å². The molecule has 0 bridgehead atoms. The highest BCUT2D eigenvalue weighted by atomic mass is 16.5. The molecule has 0 aromatic heterocycles. The number of rotatable bonds is 11. The van der Waals surface area contributed by atoms with Gasteiger partial charge in [0.25, 0.3) is 5.91 Å². The first-order valence-electron chi connectivity index (χ1n) is 11.4. The molecule has 0 aliphatic heterocycles. The minimum absolute atomic E-state index is 0.0640. The summed E-state index contributed by atoms with van der Waals surface area (Å²) >= 11 is 0. The molecular formula is C26H37N5O4. The maximum Gasteiger partial charge on any atom is 0.314 e. The molecule has 0 aliphatic rings. The van der Waals surface area contributed by atoms with Crippen LogP contribution in [0.1, 0.15) is 34.0 Å². The fraction of sp³-hybridized carbons (Fsp3) is 0.423. The van der Waals surface area contributed by atoms with E-state index in [-0.39, 0.29) is 23.7 Å². The van der Waals surface area contributed by atoms with Crippen molar-refractivity contribution in [2.45, 2.75) is 19.4 Å². The molecule has 0 saturated carbocycles. The Balaban J connectivity index is 2.33. The summed E-state index contributed by atoms with van der Waals surface area (Å²) < 4.78 is 10.9. The van der Waals surface area contributed by atoms with Gasteiger partial charge in [0.2, 0.25) is 0 Å². The molecule has 0 fully saturated rings. The van der Waals surface area contributed by atoms with Gasteiger partial charge < -0.3 is 29.9 Å². The predicted molar refractivity (Wildman–Crippen MR) is 138 cm³/mol. The molecule has 0 spiro atoms. The third kappa shape index (κ3) is 7.45. The number of urea groups is 1. The zero-order chi connectivity index (χ0) is 26.1. The zero-order valence-electron chi connectivity index (χ0n) is 21.7. The molecule has 2 aromatic carbocycles. The van der Waals surface area contributed by atoms with E-state index in [2.05, 4.69) is 10.6 Å². The third-order valence-electron chi connectivity index (χ3n) is 5.66. The minimum atomic E-state index is -0.273. The van der Waals surface area contributed by atoms with Crippen LogP contribution in [0, 0.1) is 5.41 Å². The second-order valence-electron chi connectivity index (χ2n) is 8.68. The number of hydrogen-bond acceptors (Lipinski definition) is 6. The number of likely N-dealkylation sites (N-methyl/N-ethyl adjacent to an activating group) is 2. The van der Waals surface area contributed by atoms with Gasteiger partial charge in [-0.2, -0.15) is 0 Å². The van der Waals surface area contributed by atoms with E-state index in [1.54, 1.807) is 63.5 Å². The monoisotopic (exact) mass is 483 g/mol. The number of ether oxygens (including phenoxy) is 2. The van der Waals surface area contributed by atoms with Gasteiger partial charge in [-0.1, -0.05) is 12.1 Å². The molecule has 1 atom stereocenters. The van der Waals surface area contributed by atoms with Gasteiger partial charge in [-0.05, 0) is 57.3 Å². The average Bonchev–Trinajstić information content (AvgIpc) is 2.85. The Morgan fingerprint density at radius 2 is 1.54 bits per heavy atom. The Morgan fingerprint density at radius 3 is 2.09 bits per heavy atom. The van der Waals surface area contributed by atoms with Crippen LogP contribution in [-0.4, -0.2) is 89.0 Å². The van der Waals surface area contributed by atoms with Crippen LogP contribution in [0.2, 0.25) is 0 Å². The Bertz CT molecular complexity index is 1040. The predicted octanol–water partition coefficient (Wildman–Crippen LogP) is 2.61. The van der Waals surface area contributed by atoms with Crippen LogP contribution in [-0.2, 0) is 6.42 Å². The quantitative estimate of drug-likeness (QED) is 0.426. The van der Waals surface area contributed by atoms with Crippen LogP contribution < -0.4 is 20.1 Å². The number of methoxy groups -OCH3 is 2. The van der Waals surface area contributed by atoms with Crippen molar-refractivity contribution >= 4 is 17.6 Å². The molecule has 0 aliphatic carbocycles. The van der Waals surface area contributed by atoms with Crippen molar-refractivity contribution in [3.8, 4) is 11.5 Å². The summed E-state index contributed by atoms with van der Waals surface area (Å²) in [5, 5.41) is 14.3. The maximum absolute atomic E-state index is 12.7. The van der Waals surface area contributed by atoms with Crippen molar-refractivity contribution in [1.29, 1.82) is 5.41 Å². The van der Waals surface area contributed by atoms with Crippen LogP contribution in [0.5, 0.6) is 11.5 Å². The van der Waals surface area contributed by atoms with Gasteiger partial charge >= 0.3 is 6.03 Å². The van der Waals surface area contributed by atoms with E-state index in [0.29, 0.717) is 41.2 Å². The van der Waals surface area contributed by atoms with E-state index in [1.165, 1.54) is 0 Å². The van der Waals surface area contributed by atoms with Crippen molar-refractivity contribution in [2.24, 2.45) is 0 Å². The fourth-order valence-corrected chi connectivity index (χ4v) is 3.61. The lowest BCUT2D eigenvalue weighted by Crippen LogP contribution is -2.40. The third-order valence-corrected chi connectivity index (χ3v) is 5.66. The molecule has 9 nitrogen and oxygen atoms in total. The zero-order valence-corrected chi connectivity index (χ0v) is 21.7. The van der Waals surface area contributed by atoms with Crippen molar-refractivity contribution in [1.82, 2.24) is 20.4 Å². The summed E-state index contributed by atoms with van der Waals surface area (Å²) in [5.74, 6) is 0.996. The van der Waals surface area contributed by atoms with Gasteiger partial charge in [0, 0.05) is 49.9 Å². The van der Waals surface area contributed by atoms with Crippen molar-refractivity contribution in [3.05, 3.63) is 58.7 Å². The van der Waals surface area contributed by atoms with Crippen LogP contribution in [0.3, 0.4) is 0 Å². The van der Waals surface area contributed by atoms with Crippen molar-refractivity contribution in [3.63, 3.8) is 0 Å². The lowest BCUT2D eigenvalue weighted by Gasteiger charge is -2.20. The first-order chi connectivity index (χ1) is 16.6. The molecule has 190 valence electrons. The number of amides is 3. The standard InChI is InChI=1S/C26H37N5O4/c1-17(29-26(33)28-2)14-20-15-22(34-6)23(35-7)16-21(20)24(27)18-8-10-19(11-9-18)25(32)31(5)13-12-30(3)4/h8-11,15-17,27H,12-14H2,1-7H3,(H2,28,29,33). The molecule has 2 rings (SSSR count). The highest BCUT2D eigenvalue weighted by molar-refractivity contribution is 6.12. The number of carbonyl (C=O) groups is 2. The SMILES string of the molecule is CNC(=O)NC(C)Cc1cc(OC)c(OC)cc1C(=N)c1ccc(C(=O)N(C)CCN(C)C)cc1. The molecule has 35 heavy (non-hydrogen) atoms. The number of benzene rings is 2. The largest absolute Gasteiger partial charge is 0.493 e. The smallest absolute Gasteiger partial charge is 0.314 e. The lowest BCUT2D eigenvalue weighted by molar-refractivity contribution is 0.0786. The van der Waals surface area contributed by atoms with E-state index in [4.69, 9.17) is 14.9 Å². The van der Waals surface area contributed by atoms with E-state index in [1.807, 2.05) is 32.0 Å². The maximum atomic E-state index is 12.7. The highest BCUT2D eigenvalue weighted by Gasteiger charge is 2.19. The summed E-state index contributed by atoms with van der Waals surface area (Å²) in [6.45, 7) is 3.30.